The van der Waals surface area contributed by atoms with Crippen molar-refractivity contribution >= 4 is 29.7 Å². The second-order valence-electron chi connectivity index (χ2n) is 5.99. The Bertz CT molecular complexity index is 873. The second kappa shape index (κ2) is 8.26. The monoisotopic (exact) mass is 361 g/mol. The molecule has 1 heterocycles. The number of aromatic carboxylic acids is 1. The highest BCUT2D eigenvalue weighted by Gasteiger charge is 2.10. The molecular formula is C20H24ClNO3. The molecule has 0 saturated heterocycles. The lowest BCUT2D eigenvalue weighted by Gasteiger charge is -2.10. The van der Waals surface area contributed by atoms with Gasteiger partial charge in [-0.15, -0.1) is 0 Å². The van der Waals surface area contributed by atoms with Crippen molar-refractivity contribution in [2.75, 3.05) is 6.61 Å². The van der Waals surface area contributed by atoms with Crippen LogP contribution in [0.25, 0.3) is 12.2 Å². The maximum atomic E-state index is 11.4. The zero-order valence-electron chi connectivity index (χ0n) is 15.1. The number of halogens is 1. The molecular weight excluding hydrogens is 338 g/mol. The maximum Gasteiger partial charge on any atom is 0.337 e. The van der Waals surface area contributed by atoms with Gasteiger partial charge in [0.1, 0.15) is 5.75 Å². The lowest BCUT2D eigenvalue weighted by molar-refractivity contribution is 0.0695. The fourth-order valence-corrected chi connectivity index (χ4v) is 3.09. The van der Waals surface area contributed by atoms with E-state index in [0.717, 1.165) is 38.9 Å². The molecule has 0 amide bonds. The summed E-state index contributed by atoms with van der Waals surface area (Å²) in [6.45, 7) is 8.94. The van der Waals surface area contributed by atoms with Gasteiger partial charge in [-0.1, -0.05) is 23.8 Å². The molecule has 0 radical (unpaired) electrons. The summed E-state index contributed by atoms with van der Waals surface area (Å²) in [7, 11) is 0. The number of carboxylic acids is 1. The minimum Gasteiger partial charge on any atom is -0.494 e. The molecule has 1 N–H and O–H groups in total. The first-order valence-corrected chi connectivity index (χ1v) is 8.71. The van der Waals surface area contributed by atoms with Crippen molar-refractivity contribution in [3.05, 3.63) is 50.6 Å². The predicted octanol–water partition coefficient (Wildman–Crippen LogP) is 3.53. The van der Waals surface area contributed by atoms with E-state index in [4.69, 9.17) is 16.3 Å². The Labute approximate surface area is 153 Å². The van der Waals surface area contributed by atoms with Crippen LogP contribution >= 0.6 is 11.6 Å². The van der Waals surface area contributed by atoms with Crippen molar-refractivity contribution in [2.45, 2.75) is 40.7 Å². The number of hydrogen-bond donors (Lipinski definition) is 1. The third kappa shape index (κ3) is 4.26. The van der Waals surface area contributed by atoms with E-state index in [-0.39, 0.29) is 0 Å². The molecule has 0 unspecified atom stereocenters. The molecule has 1 aromatic carbocycles. The van der Waals surface area contributed by atoms with Gasteiger partial charge in [-0.25, -0.2) is 4.79 Å². The Balaban J connectivity index is 2.07. The van der Waals surface area contributed by atoms with E-state index < -0.39 is 5.97 Å². The minimum atomic E-state index is -0.904. The Morgan fingerprint density at radius 2 is 1.88 bits per heavy atom. The van der Waals surface area contributed by atoms with Crippen molar-refractivity contribution in [2.24, 2.45) is 0 Å². The Hall–Kier alpha value is -2.20. The standard InChI is InChI=1S/C20H24ClNO3/c1-5-16-17(20(23)24)12-22(18(16)6-2)8-7-9-25-15-10-13(3)19(21)14(4)11-15/h5-6,10-12H,7-9H2,1-4H3,(H,23,24)/b16-5-,18-6+. The molecule has 0 fully saturated rings. The fourth-order valence-electron chi connectivity index (χ4n) is 2.98. The van der Waals surface area contributed by atoms with E-state index in [9.17, 15) is 9.90 Å². The van der Waals surface area contributed by atoms with Gasteiger partial charge >= 0.3 is 5.97 Å². The van der Waals surface area contributed by atoms with Gasteiger partial charge in [-0.2, -0.15) is 0 Å². The molecule has 1 aromatic heterocycles. The average molecular weight is 362 g/mol. The van der Waals surface area contributed by atoms with E-state index in [1.54, 1.807) is 6.20 Å². The molecule has 2 rings (SSSR count). The van der Waals surface area contributed by atoms with Gasteiger partial charge < -0.3 is 14.4 Å². The van der Waals surface area contributed by atoms with E-state index in [1.807, 2.05) is 56.5 Å². The predicted molar refractivity (Wildman–Crippen MR) is 102 cm³/mol. The summed E-state index contributed by atoms with van der Waals surface area (Å²) < 4.78 is 7.80. The van der Waals surface area contributed by atoms with Crippen molar-refractivity contribution in [3.8, 4) is 5.75 Å². The molecule has 0 aliphatic carbocycles. The highest BCUT2D eigenvalue weighted by atomic mass is 35.5. The number of aryl methyl sites for hydroxylation is 3. The van der Waals surface area contributed by atoms with Gasteiger partial charge in [0.05, 0.1) is 12.2 Å². The molecule has 134 valence electrons. The number of carboxylic acid groups (broad SMARTS) is 1. The van der Waals surface area contributed by atoms with Crippen molar-refractivity contribution < 1.29 is 14.6 Å². The Morgan fingerprint density at radius 3 is 2.40 bits per heavy atom. The van der Waals surface area contributed by atoms with Gasteiger partial charge in [-0.3, -0.25) is 0 Å². The van der Waals surface area contributed by atoms with Crippen LogP contribution in [-0.4, -0.2) is 22.2 Å². The van der Waals surface area contributed by atoms with Gasteiger partial charge in [0, 0.05) is 28.3 Å². The molecule has 25 heavy (non-hydrogen) atoms. The van der Waals surface area contributed by atoms with Crippen LogP contribution in [0.5, 0.6) is 5.75 Å². The summed E-state index contributed by atoms with van der Waals surface area (Å²) in [5, 5.41) is 11.8. The number of nitrogens with zero attached hydrogens (tertiary/aromatic N) is 1. The first kappa shape index (κ1) is 19.1. The highest BCUT2D eigenvalue weighted by molar-refractivity contribution is 6.32. The number of rotatable bonds is 6. The van der Waals surface area contributed by atoms with Crippen LogP contribution in [0.3, 0.4) is 0 Å². The summed E-state index contributed by atoms with van der Waals surface area (Å²) in [5.41, 5.74) is 2.33. The number of aromatic nitrogens is 1. The number of hydrogen-bond acceptors (Lipinski definition) is 2. The van der Waals surface area contributed by atoms with Gasteiger partial charge in [0.25, 0.3) is 0 Å². The summed E-state index contributed by atoms with van der Waals surface area (Å²) in [6.07, 6.45) is 6.25. The summed E-state index contributed by atoms with van der Waals surface area (Å²) in [5.74, 6) is -0.0960. The van der Waals surface area contributed by atoms with Crippen LogP contribution in [0.2, 0.25) is 5.02 Å². The van der Waals surface area contributed by atoms with Gasteiger partial charge in [-0.05, 0) is 57.4 Å². The third-order valence-electron chi connectivity index (χ3n) is 4.18. The SMILES string of the molecule is C/C=c1/c(C(=O)O)cn(CCCOc2cc(C)c(Cl)c(C)c2)/c1=C/C. The summed E-state index contributed by atoms with van der Waals surface area (Å²) >= 11 is 6.17. The molecule has 0 aliphatic heterocycles. The topological polar surface area (TPSA) is 51.5 Å². The van der Waals surface area contributed by atoms with E-state index in [0.29, 0.717) is 18.7 Å². The molecule has 0 aliphatic rings. The van der Waals surface area contributed by atoms with E-state index >= 15 is 0 Å². The molecule has 0 spiro atoms. The van der Waals surface area contributed by atoms with E-state index in [1.165, 1.54) is 0 Å². The zero-order valence-corrected chi connectivity index (χ0v) is 15.9. The maximum absolute atomic E-state index is 11.4. The highest BCUT2D eigenvalue weighted by Crippen LogP contribution is 2.25. The van der Waals surface area contributed by atoms with Crippen LogP contribution in [-0.2, 0) is 6.54 Å². The minimum absolute atomic E-state index is 0.334. The lowest BCUT2D eigenvalue weighted by atomic mass is 10.1. The van der Waals surface area contributed by atoms with Crippen molar-refractivity contribution in [1.82, 2.24) is 4.57 Å². The molecule has 0 atom stereocenters. The van der Waals surface area contributed by atoms with Crippen LogP contribution in [0.1, 0.15) is 41.8 Å². The smallest absolute Gasteiger partial charge is 0.337 e. The molecule has 4 nitrogen and oxygen atoms in total. The zero-order chi connectivity index (χ0) is 18.6. The third-order valence-corrected chi connectivity index (χ3v) is 4.77. The normalized spacial score (nSPS) is 12.7. The van der Waals surface area contributed by atoms with Crippen LogP contribution in [0.15, 0.2) is 18.3 Å². The van der Waals surface area contributed by atoms with Gasteiger partial charge in [0.2, 0.25) is 0 Å². The number of carbonyl (C=O) groups is 1. The van der Waals surface area contributed by atoms with Crippen LogP contribution in [0, 0.1) is 13.8 Å². The first-order valence-electron chi connectivity index (χ1n) is 8.33. The molecule has 2 aromatic rings. The van der Waals surface area contributed by atoms with Crippen LogP contribution < -0.4 is 15.3 Å². The Kier molecular flexibility index (Phi) is 6.32. The summed E-state index contributed by atoms with van der Waals surface area (Å²) in [4.78, 5) is 11.4. The van der Waals surface area contributed by atoms with E-state index in [2.05, 4.69) is 0 Å². The molecule has 5 heteroatoms. The van der Waals surface area contributed by atoms with Gasteiger partial charge in [0.15, 0.2) is 0 Å². The second-order valence-corrected chi connectivity index (χ2v) is 6.37. The molecule has 0 saturated carbocycles. The quantitative estimate of drug-likeness (QED) is 0.801. The first-order chi connectivity index (χ1) is 11.9. The molecule has 0 bridgehead atoms. The average Bonchev–Trinajstić information content (AvgIpc) is 2.94. The number of benzene rings is 1. The van der Waals surface area contributed by atoms with Crippen molar-refractivity contribution in [1.29, 1.82) is 0 Å². The fraction of sp³-hybridized carbons (Fsp3) is 0.350. The largest absolute Gasteiger partial charge is 0.494 e. The Morgan fingerprint density at radius 1 is 1.24 bits per heavy atom. The lowest BCUT2D eigenvalue weighted by Crippen LogP contribution is -2.31. The van der Waals surface area contributed by atoms with Crippen molar-refractivity contribution in [3.63, 3.8) is 0 Å². The summed E-state index contributed by atoms with van der Waals surface area (Å²) in [6, 6.07) is 3.87. The number of ether oxygens (including phenoxy) is 1. The van der Waals surface area contributed by atoms with Crippen LogP contribution in [0.4, 0.5) is 0 Å².